The lowest BCUT2D eigenvalue weighted by molar-refractivity contribution is -0.143. The predicted molar refractivity (Wildman–Crippen MR) is 152 cm³/mol. The molecule has 0 heterocycles. The van der Waals surface area contributed by atoms with Crippen LogP contribution < -0.4 is 10.1 Å². The van der Waals surface area contributed by atoms with E-state index in [-0.39, 0.29) is 42.2 Å². The normalized spacial score (nSPS) is 12.2. The Bertz CT molecular complexity index is 1220. The minimum absolute atomic E-state index is 0.0305. The summed E-state index contributed by atoms with van der Waals surface area (Å²) in [5.74, 6) is -0.424. The number of rotatable bonds is 10. The molecule has 38 heavy (non-hydrogen) atoms. The third-order valence-corrected chi connectivity index (χ3v) is 6.74. The van der Waals surface area contributed by atoms with Crippen LogP contribution in [0.25, 0.3) is 0 Å². The van der Waals surface area contributed by atoms with Gasteiger partial charge >= 0.3 is 0 Å². The van der Waals surface area contributed by atoms with Gasteiger partial charge in [-0.3, -0.25) is 9.59 Å². The largest absolute Gasteiger partial charge is 0.483 e. The maximum absolute atomic E-state index is 13.7. The van der Waals surface area contributed by atoms with Crippen LogP contribution in [0.2, 0.25) is 0 Å². The molecule has 0 radical (unpaired) electrons. The molecule has 0 spiro atoms. The smallest absolute Gasteiger partial charge is 0.261 e. The van der Waals surface area contributed by atoms with Crippen molar-refractivity contribution in [2.75, 3.05) is 6.61 Å². The highest BCUT2D eigenvalue weighted by Crippen LogP contribution is 2.31. The van der Waals surface area contributed by atoms with Crippen molar-refractivity contribution in [3.63, 3.8) is 0 Å². The van der Waals surface area contributed by atoms with Gasteiger partial charge in [0.25, 0.3) is 5.91 Å². The van der Waals surface area contributed by atoms with E-state index in [1.54, 1.807) is 12.1 Å². The molecule has 0 saturated heterocycles. The van der Waals surface area contributed by atoms with Gasteiger partial charge in [-0.1, -0.05) is 69.3 Å². The summed E-state index contributed by atoms with van der Waals surface area (Å²) in [6.07, 6.45) is 0.330. The summed E-state index contributed by atoms with van der Waals surface area (Å²) in [6, 6.07) is 20.5. The van der Waals surface area contributed by atoms with E-state index in [9.17, 15) is 14.0 Å². The Kier molecular flexibility index (Phi) is 10.1. The molecule has 0 aromatic heterocycles. The summed E-state index contributed by atoms with van der Waals surface area (Å²) in [5.41, 5.74) is 2.74. The first kappa shape index (κ1) is 29.4. The molecule has 0 aliphatic heterocycles. The lowest BCUT2D eigenvalue weighted by Gasteiger charge is -2.32. The summed E-state index contributed by atoms with van der Waals surface area (Å²) >= 11 is 3.56. The first-order valence-corrected chi connectivity index (χ1v) is 13.5. The molecule has 0 saturated carbocycles. The van der Waals surface area contributed by atoms with Gasteiger partial charge in [-0.2, -0.15) is 0 Å². The maximum atomic E-state index is 13.7. The summed E-state index contributed by atoms with van der Waals surface area (Å²) in [6.45, 7) is 10.0. The van der Waals surface area contributed by atoms with Crippen molar-refractivity contribution in [1.29, 1.82) is 0 Å². The van der Waals surface area contributed by atoms with Crippen LogP contribution in [0.3, 0.4) is 0 Å². The molecule has 202 valence electrons. The molecule has 3 aromatic carbocycles. The molecule has 0 aliphatic carbocycles. The van der Waals surface area contributed by atoms with Crippen molar-refractivity contribution < 1.29 is 18.7 Å². The second-order valence-electron chi connectivity index (χ2n) is 10.7. The Morgan fingerprint density at radius 3 is 2.21 bits per heavy atom. The lowest BCUT2D eigenvalue weighted by Crippen LogP contribution is -2.52. The van der Waals surface area contributed by atoms with Crippen molar-refractivity contribution in [3.05, 3.63) is 99.8 Å². The number of hydrogen-bond acceptors (Lipinski definition) is 3. The summed E-state index contributed by atoms with van der Waals surface area (Å²) < 4.78 is 20.3. The van der Waals surface area contributed by atoms with E-state index >= 15 is 0 Å². The topological polar surface area (TPSA) is 58.6 Å². The molecular formula is C31H36BrFN2O3. The van der Waals surface area contributed by atoms with Crippen molar-refractivity contribution in [2.45, 2.75) is 65.1 Å². The minimum Gasteiger partial charge on any atom is -0.483 e. The van der Waals surface area contributed by atoms with E-state index < -0.39 is 6.04 Å². The van der Waals surface area contributed by atoms with E-state index in [0.29, 0.717) is 17.7 Å². The Balaban J connectivity index is 1.90. The molecule has 3 aromatic rings. The van der Waals surface area contributed by atoms with E-state index in [1.807, 2.05) is 62.4 Å². The zero-order valence-electron chi connectivity index (χ0n) is 22.6. The van der Waals surface area contributed by atoms with Crippen LogP contribution in [0.15, 0.2) is 77.3 Å². The number of nitrogens with one attached hydrogen (secondary N) is 1. The highest BCUT2D eigenvalue weighted by molar-refractivity contribution is 9.10. The first-order valence-electron chi connectivity index (χ1n) is 12.7. The Morgan fingerprint density at radius 1 is 0.974 bits per heavy atom. The van der Waals surface area contributed by atoms with Gasteiger partial charge in [-0.25, -0.2) is 4.39 Å². The van der Waals surface area contributed by atoms with Gasteiger partial charge in [0.2, 0.25) is 5.91 Å². The number of hydrogen-bond donors (Lipinski definition) is 1. The van der Waals surface area contributed by atoms with Gasteiger partial charge in [0.05, 0.1) is 4.47 Å². The van der Waals surface area contributed by atoms with Crippen LogP contribution in [0.1, 0.15) is 51.3 Å². The first-order chi connectivity index (χ1) is 17.9. The van der Waals surface area contributed by atoms with E-state index in [2.05, 4.69) is 42.0 Å². The number of halogens is 2. The van der Waals surface area contributed by atoms with Crippen molar-refractivity contribution in [3.8, 4) is 5.75 Å². The van der Waals surface area contributed by atoms with Crippen LogP contribution in [0.4, 0.5) is 4.39 Å². The molecule has 2 amide bonds. The molecule has 3 rings (SSSR count). The fourth-order valence-electron chi connectivity index (χ4n) is 4.03. The zero-order chi connectivity index (χ0) is 27.9. The van der Waals surface area contributed by atoms with E-state index in [1.165, 1.54) is 17.0 Å². The standard InChI is InChI=1S/C31H36BrFN2O3/c1-21(2)34-30(37)27(17-22-9-7-6-8-10-22)35(19-23-11-14-25(33)15-12-23)29(36)20-38-28-16-13-24(18-26(28)32)31(3,4)5/h6-16,18,21,27H,17,19-20H2,1-5H3,(H,34,37). The van der Waals surface area contributed by atoms with Crippen LogP contribution in [0, 0.1) is 5.82 Å². The van der Waals surface area contributed by atoms with Crippen molar-refractivity contribution in [2.24, 2.45) is 0 Å². The van der Waals surface area contributed by atoms with Crippen LogP contribution in [-0.2, 0) is 28.0 Å². The third kappa shape index (κ3) is 8.42. The number of nitrogens with zero attached hydrogens (tertiary/aromatic N) is 1. The van der Waals surface area contributed by atoms with Gasteiger partial charge in [0, 0.05) is 19.0 Å². The Morgan fingerprint density at radius 2 is 1.63 bits per heavy atom. The Hall–Kier alpha value is -3.19. The summed E-state index contributed by atoms with van der Waals surface area (Å²) in [5, 5.41) is 2.96. The van der Waals surface area contributed by atoms with Crippen LogP contribution in [0.5, 0.6) is 5.75 Å². The van der Waals surface area contributed by atoms with E-state index in [0.717, 1.165) is 15.6 Å². The Labute approximate surface area is 233 Å². The number of amides is 2. The number of carbonyl (C=O) groups is 2. The number of ether oxygens (including phenoxy) is 1. The molecular weight excluding hydrogens is 547 g/mol. The number of benzene rings is 3. The van der Waals surface area contributed by atoms with Crippen molar-refractivity contribution in [1.82, 2.24) is 10.2 Å². The van der Waals surface area contributed by atoms with Gasteiger partial charge in [-0.15, -0.1) is 0 Å². The van der Waals surface area contributed by atoms with Gasteiger partial charge in [-0.05, 0) is 76.1 Å². The van der Waals surface area contributed by atoms with E-state index in [4.69, 9.17) is 4.74 Å². The second kappa shape index (κ2) is 13.1. The lowest BCUT2D eigenvalue weighted by atomic mass is 9.87. The van der Waals surface area contributed by atoms with Gasteiger partial charge < -0.3 is 15.0 Å². The molecule has 1 atom stereocenters. The molecule has 5 nitrogen and oxygen atoms in total. The summed E-state index contributed by atoms with van der Waals surface area (Å²) in [7, 11) is 0. The molecule has 1 unspecified atom stereocenters. The average Bonchev–Trinajstić information content (AvgIpc) is 2.86. The fraction of sp³-hybridized carbons (Fsp3) is 0.355. The molecule has 1 N–H and O–H groups in total. The second-order valence-corrected chi connectivity index (χ2v) is 11.6. The van der Waals surface area contributed by atoms with Crippen LogP contribution >= 0.6 is 15.9 Å². The summed E-state index contributed by atoms with van der Waals surface area (Å²) in [4.78, 5) is 28.6. The van der Waals surface area contributed by atoms with Gasteiger partial charge in [0.15, 0.2) is 6.61 Å². The van der Waals surface area contributed by atoms with Gasteiger partial charge in [0.1, 0.15) is 17.6 Å². The molecule has 0 aliphatic rings. The molecule has 7 heteroatoms. The SMILES string of the molecule is CC(C)NC(=O)C(Cc1ccccc1)N(Cc1ccc(F)cc1)C(=O)COc1ccc(C(C)(C)C)cc1Br. The van der Waals surface area contributed by atoms with Crippen LogP contribution in [-0.4, -0.2) is 35.4 Å². The number of carbonyl (C=O) groups excluding carboxylic acids is 2. The fourth-order valence-corrected chi connectivity index (χ4v) is 4.52. The minimum atomic E-state index is -0.785. The third-order valence-electron chi connectivity index (χ3n) is 6.12. The van der Waals surface area contributed by atoms with Crippen molar-refractivity contribution >= 4 is 27.7 Å². The predicted octanol–water partition coefficient (Wildman–Crippen LogP) is 6.43. The average molecular weight is 584 g/mol. The zero-order valence-corrected chi connectivity index (χ0v) is 24.2. The molecule has 0 bridgehead atoms. The quantitative estimate of drug-likeness (QED) is 0.299. The monoisotopic (exact) mass is 582 g/mol. The highest BCUT2D eigenvalue weighted by Gasteiger charge is 2.31. The highest BCUT2D eigenvalue weighted by atomic mass is 79.9. The maximum Gasteiger partial charge on any atom is 0.261 e. The molecule has 0 fully saturated rings.